The second kappa shape index (κ2) is 7.79. The van der Waals surface area contributed by atoms with Crippen molar-refractivity contribution in [2.45, 2.75) is 25.9 Å². The highest BCUT2D eigenvalue weighted by Gasteiger charge is 2.35. The number of carbonyl (C=O) groups excluding carboxylic acids is 2. The Morgan fingerprint density at radius 3 is 3.00 bits per heavy atom. The minimum atomic E-state index is -0.404. The van der Waals surface area contributed by atoms with Crippen LogP contribution in [0.25, 0.3) is 0 Å². The Bertz CT molecular complexity index is 533. The molecular weight excluding hydrogens is 284 g/mol. The van der Waals surface area contributed by atoms with Crippen LogP contribution < -0.4 is 15.0 Å². The zero-order valence-electron chi connectivity index (χ0n) is 13.1. The van der Waals surface area contributed by atoms with Crippen molar-refractivity contribution < 1.29 is 24.0 Å². The SMILES string of the molecule is CCOC(=O)C[C@@H]1C(=O)NCC[NH+]1Cc1cccc(OC)c1. The highest BCUT2D eigenvalue weighted by atomic mass is 16.5. The van der Waals surface area contributed by atoms with Crippen LogP contribution in [0.2, 0.25) is 0 Å². The zero-order valence-corrected chi connectivity index (χ0v) is 13.1. The predicted octanol–water partition coefficient (Wildman–Crippen LogP) is -0.468. The van der Waals surface area contributed by atoms with Gasteiger partial charge in [-0.3, -0.25) is 9.59 Å². The average Bonchev–Trinajstić information content (AvgIpc) is 2.51. The van der Waals surface area contributed by atoms with Gasteiger partial charge in [-0.25, -0.2) is 0 Å². The summed E-state index contributed by atoms with van der Waals surface area (Å²) in [5.41, 5.74) is 1.08. The van der Waals surface area contributed by atoms with Gasteiger partial charge in [-0.15, -0.1) is 0 Å². The lowest BCUT2D eigenvalue weighted by Gasteiger charge is -2.31. The molecular formula is C16H23N2O4+. The van der Waals surface area contributed by atoms with Crippen LogP contribution in [0.3, 0.4) is 0 Å². The molecule has 0 spiro atoms. The third-order valence-corrected chi connectivity index (χ3v) is 3.80. The van der Waals surface area contributed by atoms with Crippen molar-refractivity contribution in [3.05, 3.63) is 29.8 Å². The van der Waals surface area contributed by atoms with Crippen molar-refractivity contribution >= 4 is 11.9 Å². The molecule has 1 aromatic rings. The molecule has 6 heteroatoms. The van der Waals surface area contributed by atoms with Gasteiger partial charge in [-0.05, 0) is 19.1 Å². The van der Waals surface area contributed by atoms with Gasteiger partial charge in [0.15, 0.2) is 6.04 Å². The Hall–Kier alpha value is -2.08. The van der Waals surface area contributed by atoms with Crippen molar-refractivity contribution in [3.8, 4) is 5.75 Å². The van der Waals surface area contributed by atoms with Crippen LogP contribution in [0.5, 0.6) is 5.75 Å². The topological polar surface area (TPSA) is 69.1 Å². The first kappa shape index (κ1) is 16.3. The molecule has 0 saturated carbocycles. The summed E-state index contributed by atoms with van der Waals surface area (Å²) in [5, 5.41) is 2.83. The second-order valence-electron chi connectivity index (χ2n) is 5.29. The van der Waals surface area contributed by atoms with Gasteiger partial charge in [0, 0.05) is 5.56 Å². The fourth-order valence-corrected chi connectivity index (χ4v) is 2.71. The fourth-order valence-electron chi connectivity index (χ4n) is 2.71. The Morgan fingerprint density at radius 2 is 2.27 bits per heavy atom. The van der Waals surface area contributed by atoms with E-state index in [2.05, 4.69) is 5.32 Å². The molecule has 2 N–H and O–H groups in total. The van der Waals surface area contributed by atoms with E-state index in [9.17, 15) is 9.59 Å². The van der Waals surface area contributed by atoms with Gasteiger partial charge in [0.05, 0.1) is 26.8 Å². The van der Waals surface area contributed by atoms with Gasteiger partial charge >= 0.3 is 5.97 Å². The number of methoxy groups -OCH3 is 1. The number of hydrogen-bond acceptors (Lipinski definition) is 4. The number of ether oxygens (including phenoxy) is 2. The quantitative estimate of drug-likeness (QED) is 0.697. The zero-order chi connectivity index (χ0) is 15.9. The number of carbonyl (C=O) groups is 2. The number of rotatable bonds is 6. The lowest BCUT2D eigenvalue weighted by atomic mass is 10.1. The van der Waals surface area contributed by atoms with E-state index in [1.165, 1.54) is 0 Å². The van der Waals surface area contributed by atoms with E-state index in [1.807, 2.05) is 24.3 Å². The van der Waals surface area contributed by atoms with E-state index in [0.717, 1.165) is 22.8 Å². The summed E-state index contributed by atoms with van der Waals surface area (Å²) in [7, 11) is 1.63. The normalized spacial score (nSPS) is 21.1. The molecule has 120 valence electrons. The fraction of sp³-hybridized carbons (Fsp3) is 0.500. The van der Waals surface area contributed by atoms with Gasteiger partial charge < -0.3 is 19.7 Å². The second-order valence-corrected chi connectivity index (χ2v) is 5.29. The summed E-state index contributed by atoms with van der Waals surface area (Å²) in [5.74, 6) is 0.380. The summed E-state index contributed by atoms with van der Waals surface area (Å²) in [6.07, 6.45) is 0.110. The first-order valence-corrected chi connectivity index (χ1v) is 7.55. The molecule has 6 nitrogen and oxygen atoms in total. The Labute approximate surface area is 130 Å². The number of amides is 1. The van der Waals surface area contributed by atoms with Crippen LogP contribution in [0.1, 0.15) is 18.9 Å². The minimum Gasteiger partial charge on any atom is -0.497 e. The van der Waals surface area contributed by atoms with Gasteiger partial charge in [-0.1, -0.05) is 12.1 Å². The molecule has 1 amide bonds. The predicted molar refractivity (Wildman–Crippen MR) is 80.6 cm³/mol. The van der Waals surface area contributed by atoms with Gasteiger partial charge in [0.2, 0.25) is 0 Å². The molecule has 1 aromatic carbocycles. The number of esters is 1. The molecule has 1 fully saturated rings. The molecule has 2 rings (SSSR count). The average molecular weight is 307 g/mol. The summed E-state index contributed by atoms with van der Waals surface area (Å²) in [6, 6.07) is 7.37. The van der Waals surface area contributed by atoms with Crippen LogP contribution in [0.4, 0.5) is 0 Å². The van der Waals surface area contributed by atoms with Crippen LogP contribution in [-0.2, 0) is 20.9 Å². The van der Waals surface area contributed by atoms with E-state index >= 15 is 0 Å². The number of piperazine rings is 1. The Kier molecular flexibility index (Phi) is 5.77. The van der Waals surface area contributed by atoms with E-state index in [4.69, 9.17) is 9.47 Å². The highest BCUT2D eigenvalue weighted by molar-refractivity contribution is 5.85. The summed E-state index contributed by atoms with van der Waals surface area (Å²) < 4.78 is 10.2. The van der Waals surface area contributed by atoms with Crippen molar-refractivity contribution in [2.24, 2.45) is 0 Å². The molecule has 1 saturated heterocycles. The van der Waals surface area contributed by atoms with E-state index in [-0.39, 0.29) is 18.3 Å². The molecule has 0 bridgehead atoms. The lowest BCUT2D eigenvalue weighted by Crippen LogP contribution is -3.18. The summed E-state index contributed by atoms with van der Waals surface area (Å²) >= 11 is 0. The highest BCUT2D eigenvalue weighted by Crippen LogP contribution is 2.11. The molecule has 1 aliphatic rings. The van der Waals surface area contributed by atoms with Gasteiger partial charge in [-0.2, -0.15) is 0 Å². The van der Waals surface area contributed by atoms with Crippen LogP contribution in [0.15, 0.2) is 24.3 Å². The van der Waals surface area contributed by atoms with Crippen LogP contribution in [0, 0.1) is 0 Å². The smallest absolute Gasteiger partial charge is 0.312 e. The third kappa shape index (κ3) is 4.21. The monoisotopic (exact) mass is 307 g/mol. The largest absolute Gasteiger partial charge is 0.497 e. The van der Waals surface area contributed by atoms with Crippen molar-refractivity contribution in [1.82, 2.24) is 5.32 Å². The third-order valence-electron chi connectivity index (χ3n) is 3.80. The number of quaternary nitrogens is 1. The first-order valence-electron chi connectivity index (χ1n) is 7.55. The maximum Gasteiger partial charge on any atom is 0.312 e. The standard InChI is InChI=1S/C16H22N2O4/c1-3-22-15(19)10-14-16(20)17-7-8-18(14)11-12-5-4-6-13(9-12)21-2/h4-6,9,14H,3,7-8,10-11H2,1-2H3,(H,17,20)/p+1/t14-/m1/s1. The Balaban J connectivity index is 2.08. The summed E-state index contributed by atoms with van der Waals surface area (Å²) in [6.45, 7) is 4.18. The van der Waals surface area contributed by atoms with Gasteiger partial charge in [0.25, 0.3) is 5.91 Å². The molecule has 0 aromatic heterocycles. The number of nitrogens with one attached hydrogen (secondary N) is 2. The molecule has 2 atom stereocenters. The van der Waals surface area contributed by atoms with E-state index in [0.29, 0.717) is 19.7 Å². The molecule has 1 unspecified atom stereocenters. The van der Waals surface area contributed by atoms with Crippen molar-refractivity contribution in [3.63, 3.8) is 0 Å². The van der Waals surface area contributed by atoms with Crippen molar-refractivity contribution in [2.75, 3.05) is 26.8 Å². The minimum absolute atomic E-state index is 0.0859. The molecule has 0 aliphatic carbocycles. The summed E-state index contributed by atoms with van der Waals surface area (Å²) in [4.78, 5) is 24.9. The molecule has 22 heavy (non-hydrogen) atoms. The first-order chi connectivity index (χ1) is 10.6. The van der Waals surface area contributed by atoms with Gasteiger partial charge in [0.1, 0.15) is 18.7 Å². The van der Waals surface area contributed by atoms with Crippen LogP contribution >= 0.6 is 0 Å². The number of benzene rings is 1. The number of hydrogen-bond donors (Lipinski definition) is 2. The molecule has 1 heterocycles. The van der Waals surface area contributed by atoms with Crippen molar-refractivity contribution in [1.29, 1.82) is 0 Å². The lowest BCUT2D eigenvalue weighted by molar-refractivity contribution is -0.930. The van der Waals surface area contributed by atoms with Crippen LogP contribution in [-0.4, -0.2) is 44.7 Å². The molecule has 1 aliphatic heterocycles. The maximum atomic E-state index is 12.1. The maximum absolute atomic E-state index is 12.1. The molecule has 0 radical (unpaired) electrons. The Morgan fingerprint density at radius 1 is 1.45 bits per heavy atom. The van der Waals surface area contributed by atoms with E-state index < -0.39 is 6.04 Å². The van der Waals surface area contributed by atoms with E-state index in [1.54, 1.807) is 14.0 Å².